The quantitative estimate of drug-likeness (QED) is 0.855. The molecule has 2 aliphatic heterocycles. The zero-order valence-corrected chi connectivity index (χ0v) is 11.3. The maximum absolute atomic E-state index is 12.2. The lowest BCUT2D eigenvalue weighted by Gasteiger charge is -2.28. The molecule has 1 amide bonds. The van der Waals surface area contributed by atoms with Gasteiger partial charge in [0.1, 0.15) is 0 Å². The molecule has 2 aliphatic rings. The highest BCUT2D eigenvalue weighted by Gasteiger charge is 2.26. The molecular weight excluding hydrogens is 246 g/mol. The SMILES string of the molecule is N[C@H]1CCN(CC(=O)N2CCc3sccc3C2)C1. The van der Waals surface area contributed by atoms with Gasteiger partial charge in [0, 0.05) is 37.1 Å². The number of thiophene rings is 1. The van der Waals surface area contributed by atoms with Crippen LogP contribution in [0.2, 0.25) is 0 Å². The van der Waals surface area contributed by atoms with E-state index in [4.69, 9.17) is 5.73 Å². The van der Waals surface area contributed by atoms with E-state index >= 15 is 0 Å². The highest BCUT2D eigenvalue weighted by Crippen LogP contribution is 2.24. The summed E-state index contributed by atoms with van der Waals surface area (Å²) in [4.78, 5) is 17.8. The van der Waals surface area contributed by atoms with Crippen molar-refractivity contribution in [3.8, 4) is 0 Å². The van der Waals surface area contributed by atoms with Gasteiger partial charge in [-0.15, -0.1) is 11.3 Å². The molecule has 98 valence electrons. The molecule has 18 heavy (non-hydrogen) atoms. The van der Waals surface area contributed by atoms with E-state index in [2.05, 4.69) is 16.3 Å². The minimum Gasteiger partial charge on any atom is -0.337 e. The molecule has 0 aliphatic carbocycles. The third-order valence-corrected chi connectivity index (χ3v) is 4.85. The van der Waals surface area contributed by atoms with Gasteiger partial charge in [-0.3, -0.25) is 9.69 Å². The molecule has 0 spiro atoms. The van der Waals surface area contributed by atoms with E-state index in [1.165, 1.54) is 10.4 Å². The van der Waals surface area contributed by atoms with Crippen molar-refractivity contribution in [1.82, 2.24) is 9.80 Å². The van der Waals surface area contributed by atoms with E-state index in [1.807, 2.05) is 16.2 Å². The van der Waals surface area contributed by atoms with E-state index in [9.17, 15) is 4.79 Å². The fourth-order valence-electron chi connectivity index (χ4n) is 2.76. The lowest BCUT2D eigenvalue weighted by atomic mass is 10.1. The number of fused-ring (bicyclic) bond motifs is 1. The summed E-state index contributed by atoms with van der Waals surface area (Å²) in [6, 6.07) is 2.40. The van der Waals surface area contributed by atoms with Gasteiger partial charge in [0.2, 0.25) is 5.91 Å². The van der Waals surface area contributed by atoms with Crippen molar-refractivity contribution >= 4 is 17.2 Å². The van der Waals surface area contributed by atoms with Crippen LogP contribution in [-0.4, -0.2) is 47.9 Å². The van der Waals surface area contributed by atoms with Crippen molar-refractivity contribution in [1.29, 1.82) is 0 Å². The maximum atomic E-state index is 12.2. The Hall–Kier alpha value is -0.910. The van der Waals surface area contributed by atoms with Crippen molar-refractivity contribution in [3.63, 3.8) is 0 Å². The number of amides is 1. The highest BCUT2D eigenvalue weighted by molar-refractivity contribution is 7.10. The van der Waals surface area contributed by atoms with Crippen LogP contribution < -0.4 is 5.73 Å². The second-order valence-corrected chi connectivity index (χ2v) is 6.22. The molecular formula is C13H19N3OS. The Kier molecular flexibility index (Phi) is 3.37. The first kappa shape index (κ1) is 12.1. The van der Waals surface area contributed by atoms with Crippen molar-refractivity contribution < 1.29 is 4.79 Å². The predicted molar refractivity (Wildman–Crippen MR) is 72.5 cm³/mol. The molecule has 1 fully saturated rings. The summed E-state index contributed by atoms with van der Waals surface area (Å²) < 4.78 is 0. The van der Waals surface area contributed by atoms with E-state index in [0.29, 0.717) is 6.54 Å². The second kappa shape index (κ2) is 4.99. The Bertz CT molecular complexity index is 445. The Morgan fingerprint density at radius 2 is 2.39 bits per heavy atom. The summed E-state index contributed by atoms with van der Waals surface area (Å²) in [5.41, 5.74) is 7.19. The third kappa shape index (κ3) is 2.43. The number of carbonyl (C=O) groups is 1. The molecule has 1 atom stereocenters. The number of nitrogens with two attached hydrogens (primary N) is 1. The average Bonchev–Trinajstić information content (AvgIpc) is 2.96. The van der Waals surface area contributed by atoms with Crippen LogP contribution in [0.3, 0.4) is 0 Å². The summed E-state index contributed by atoms with van der Waals surface area (Å²) in [5, 5.41) is 2.12. The molecule has 1 aromatic rings. The molecule has 1 aromatic heterocycles. The van der Waals surface area contributed by atoms with E-state index in [0.717, 1.165) is 39.0 Å². The topological polar surface area (TPSA) is 49.6 Å². The minimum atomic E-state index is 0.251. The second-order valence-electron chi connectivity index (χ2n) is 5.22. The molecule has 3 rings (SSSR count). The number of hydrogen-bond acceptors (Lipinski definition) is 4. The molecule has 0 radical (unpaired) electrons. The van der Waals surface area contributed by atoms with E-state index in [-0.39, 0.29) is 11.9 Å². The van der Waals surface area contributed by atoms with Gasteiger partial charge >= 0.3 is 0 Å². The van der Waals surface area contributed by atoms with Gasteiger partial charge in [-0.2, -0.15) is 0 Å². The molecule has 4 nitrogen and oxygen atoms in total. The number of carbonyl (C=O) groups excluding carboxylic acids is 1. The number of nitrogens with zero attached hydrogens (tertiary/aromatic N) is 2. The van der Waals surface area contributed by atoms with E-state index < -0.39 is 0 Å². The van der Waals surface area contributed by atoms with Gasteiger partial charge in [-0.25, -0.2) is 0 Å². The molecule has 2 N–H and O–H groups in total. The molecule has 3 heterocycles. The fourth-order valence-corrected chi connectivity index (χ4v) is 3.65. The van der Waals surface area contributed by atoms with Crippen LogP contribution in [0.5, 0.6) is 0 Å². The molecule has 0 saturated carbocycles. The summed E-state index contributed by atoms with van der Waals surface area (Å²) in [5.74, 6) is 0.251. The van der Waals surface area contributed by atoms with Crippen LogP contribution in [0.4, 0.5) is 0 Å². The predicted octanol–water partition coefficient (Wildman–Crippen LogP) is 0.666. The Morgan fingerprint density at radius 3 is 3.17 bits per heavy atom. The molecule has 1 saturated heterocycles. The van der Waals surface area contributed by atoms with Crippen LogP contribution in [0.15, 0.2) is 11.4 Å². The van der Waals surface area contributed by atoms with Gasteiger partial charge in [-0.1, -0.05) is 0 Å². The first-order chi connectivity index (χ1) is 8.72. The van der Waals surface area contributed by atoms with Crippen LogP contribution in [0.25, 0.3) is 0 Å². The summed E-state index contributed by atoms with van der Waals surface area (Å²) in [6.45, 7) is 4.02. The monoisotopic (exact) mass is 265 g/mol. The Balaban J connectivity index is 1.58. The molecule has 5 heteroatoms. The first-order valence-corrected chi connectivity index (χ1v) is 7.41. The zero-order valence-electron chi connectivity index (χ0n) is 10.5. The van der Waals surface area contributed by atoms with Crippen LogP contribution in [-0.2, 0) is 17.8 Å². The largest absolute Gasteiger partial charge is 0.337 e. The van der Waals surface area contributed by atoms with E-state index in [1.54, 1.807) is 0 Å². The van der Waals surface area contributed by atoms with Crippen molar-refractivity contribution in [2.75, 3.05) is 26.2 Å². The van der Waals surface area contributed by atoms with Crippen molar-refractivity contribution in [2.24, 2.45) is 5.73 Å². The number of hydrogen-bond donors (Lipinski definition) is 1. The maximum Gasteiger partial charge on any atom is 0.237 e. The van der Waals surface area contributed by atoms with Crippen LogP contribution in [0.1, 0.15) is 16.9 Å². The lowest BCUT2D eigenvalue weighted by Crippen LogP contribution is -2.42. The zero-order chi connectivity index (χ0) is 12.5. The van der Waals surface area contributed by atoms with Gasteiger partial charge in [0.05, 0.1) is 6.54 Å². The fraction of sp³-hybridized carbons (Fsp3) is 0.615. The molecule has 0 bridgehead atoms. The summed E-state index contributed by atoms with van der Waals surface area (Å²) in [6.07, 6.45) is 2.03. The average molecular weight is 265 g/mol. The minimum absolute atomic E-state index is 0.251. The van der Waals surface area contributed by atoms with Gasteiger partial charge in [0.15, 0.2) is 0 Å². The highest BCUT2D eigenvalue weighted by atomic mass is 32.1. The summed E-state index contributed by atoms with van der Waals surface area (Å²) >= 11 is 1.81. The number of rotatable bonds is 2. The lowest BCUT2D eigenvalue weighted by molar-refractivity contribution is -0.133. The van der Waals surface area contributed by atoms with Gasteiger partial charge < -0.3 is 10.6 Å². The van der Waals surface area contributed by atoms with Crippen LogP contribution >= 0.6 is 11.3 Å². The Labute approximate surface area is 111 Å². The van der Waals surface area contributed by atoms with Gasteiger partial charge in [0.25, 0.3) is 0 Å². The van der Waals surface area contributed by atoms with Gasteiger partial charge in [-0.05, 0) is 29.9 Å². The first-order valence-electron chi connectivity index (χ1n) is 6.53. The van der Waals surface area contributed by atoms with Crippen molar-refractivity contribution in [3.05, 3.63) is 21.9 Å². The normalized spacial score (nSPS) is 24.3. The molecule has 0 aromatic carbocycles. The standard InChI is InChI=1S/C13H19N3OS/c14-11-1-4-15(8-11)9-13(17)16-5-2-12-10(7-16)3-6-18-12/h3,6,11H,1-2,4-5,7-9,14H2/t11-/m0/s1. The summed E-state index contributed by atoms with van der Waals surface area (Å²) in [7, 11) is 0. The third-order valence-electron chi connectivity index (χ3n) is 3.83. The van der Waals surface area contributed by atoms with Crippen molar-refractivity contribution in [2.45, 2.75) is 25.4 Å². The van der Waals surface area contributed by atoms with Crippen LogP contribution in [0, 0.1) is 0 Å². The smallest absolute Gasteiger partial charge is 0.237 e. The molecule has 0 unspecified atom stereocenters. The Morgan fingerprint density at radius 1 is 1.50 bits per heavy atom. The number of likely N-dealkylation sites (tertiary alicyclic amines) is 1.